The van der Waals surface area contributed by atoms with Crippen molar-refractivity contribution in [3.05, 3.63) is 41.0 Å². The quantitative estimate of drug-likeness (QED) is 0.342. The lowest BCUT2D eigenvalue weighted by atomic mass is 10.0. The van der Waals surface area contributed by atoms with Crippen LogP contribution < -0.4 is 22.1 Å². The summed E-state index contributed by atoms with van der Waals surface area (Å²) < 4.78 is 0. The summed E-state index contributed by atoms with van der Waals surface area (Å²) in [7, 11) is 0. The third-order valence-corrected chi connectivity index (χ3v) is 5.12. The minimum atomic E-state index is -1.05. The number of rotatable bonds is 10. The average Bonchev–Trinajstić information content (AvgIpc) is 2.75. The van der Waals surface area contributed by atoms with Crippen LogP contribution in [0.15, 0.2) is 34.8 Å². The Morgan fingerprint density at radius 2 is 1.79 bits per heavy atom. The Hall–Kier alpha value is -3.95. The van der Waals surface area contributed by atoms with E-state index in [-0.39, 0.29) is 17.7 Å². The highest BCUT2D eigenvalue weighted by Crippen LogP contribution is 2.31. The first kappa shape index (κ1) is 25.3. The first-order valence-electron chi connectivity index (χ1n) is 10.5. The second-order valence-corrected chi connectivity index (χ2v) is 8.15. The van der Waals surface area contributed by atoms with Crippen LogP contribution in [-0.2, 0) is 4.79 Å². The molecule has 0 aliphatic rings. The predicted molar refractivity (Wildman–Crippen MR) is 132 cm³/mol. The van der Waals surface area contributed by atoms with Crippen molar-refractivity contribution in [3.8, 4) is 0 Å². The number of carboxylic acids is 1. The number of carbonyl (C=O) groups is 2. The number of carboxylic acid groups (broad SMARTS) is 1. The summed E-state index contributed by atoms with van der Waals surface area (Å²) >= 11 is 0. The molecular formula is C23H31N7O3. The van der Waals surface area contributed by atoms with Crippen molar-refractivity contribution in [2.45, 2.75) is 40.2 Å². The predicted octanol–water partition coefficient (Wildman–Crippen LogP) is 3.11. The lowest BCUT2D eigenvalue weighted by molar-refractivity contribution is -0.139. The van der Waals surface area contributed by atoms with Crippen molar-refractivity contribution >= 4 is 47.4 Å². The second kappa shape index (κ2) is 11.1. The molecule has 2 aromatic rings. The van der Waals surface area contributed by atoms with E-state index < -0.39 is 17.9 Å². The van der Waals surface area contributed by atoms with Crippen molar-refractivity contribution in [1.82, 2.24) is 15.3 Å². The number of nitrogens with one attached hydrogen (secondary N) is 2. The van der Waals surface area contributed by atoms with E-state index in [1.54, 1.807) is 24.3 Å². The summed E-state index contributed by atoms with van der Waals surface area (Å²) in [5.74, 6) is -0.741. The molecule has 0 saturated heterocycles. The fourth-order valence-corrected chi connectivity index (χ4v) is 3.21. The minimum Gasteiger partial charge on any atom is -0.480 e. The number of aliphatic carboxylic acids is 1. The van der Waals surface area contributed by atoms with Crippen molar-refractivity contribution < 1.29 is 14.7 Å². The van der Waals surface area contributed by atoms with Gasteiger partial charge in [-0.2, -0.15) is 9.97 Å². The summed E-state index contributed by atoms with van der Waals surface area (Å²) in [5.41, 5.74) is 15.2. The molecule has 176 valence electrons. The number of hydrogen-bond acceptors (Lipinski definition) is 8. The summed E-state index contributed by atoms with van der Waals surface area (Å²) in [6.45, 7) is 11.7. The Morgan fingerprint density at radius 1 is 1.15 bits per heavy atom. The van der Waals surface area contributed by atoms with Crippen molar-refractivity contribution in [1.29, 1.82) is 0 Å². The van der Waals surface area contributed by atoms with Gasteiger partial charge in [0.25, 0.3) is 5.91 Å². The van der Waals surface area contributed by atoms with Crippen LogP contribution in [0, 0.1) is 5.92 Å². The molecule has 1 amide bonds. The van der Waals surface area contributed by atoms with Gasteiger partial charge in [-0.3, -0.25) is 4.79 Å². The molecule has 1 heterocycles. The maximum atomic E-state index is 12.4. The summed E-state index contributed by atoms with van der Waals surface area (Å²) in [5, 5.41) is 15.2. The maximum Gasteiger partial charge on any atom is 0.326 e. The lowest BCUT2D eigenvalue weighted by Crippen LogP contribution is -2.41. The molecule has 10 heteroatoms. The molecule has 1 unspecified atom stereocenters. The zero-order chi connectivity index (χ0) is 24.7. The third-order valence-electron chi connectivity index (χ3n) is 5.12. The van der Waals surface area contributed by atoms with Crippen LogP contribution in [0.1, 0.15) is 50.0 Å². The highest BCUT2D eigenvalue weighted by molar-refractivity contribution is 5.96. The molecule has 33 heavy (non-hydrogen) atoms. The number of benzene rings is 1. The standard InChI is InChI=1S/C23H31N7O3/c1-12(2)10-17(22(32)33)28-21(31)15-6-8-16(9-7-15)27-11-13(3)14(4)18-19(24)29-23(25)30-20(18)26-5/h6-9,12,17,27H,5,10-11H2,1-4H3,(H,28,31)(H,32,33)(H4,24,25,29,30)/b14-13+. The van der Waals surface area contributed by atoms with Crippen LogP contribution >= 0.6 is 0 Å². The van der Waals surface area contributed by atoms with Gasteiger partial charge in [-0.15, -0.1) is 0 Å². The molecule has 2 rings (SSSR count). The molecule has 0 bridgehead atoms. The zero-order valence-corrected chi connectivity index (χ0v) is 19.3. The molecule has 0 aliphatic carbocycles. The monoisotopic (exact) mass is 453 g/mol. The largest absolute Gasteiger partial charge is 0.480 e. The van der Waals surface area contributed by atoms with E-state index in [1.807, 2.05) is 27.7 Å². The van der Waals surface area contributed by atoms with E-state index >= 15 is 0 Å². The molecule has 1 atom stereocenters. The van der Waals surface area contributed by atoms with Crippen LogP contribution in [-0.4, -0.2) is 46.3 Å². The van der Waals surface area contributed by atoms with Crippen LogP contribution in [0.5, 0.6) is 0 Å². The van der Waals surface area contributed by atoms with E-state index in [0.717, 1.165) is 16.8 Å². The molecule has 0 saturated carbocycles. The minimum absolute atomic E-state index is 0.0326. The number of aliphatic imine (C=N–C) groups is 1. The zero-order valence-electron chi connectivity index (χ0n) is 19.3. The molecule has 0 aliphatic heterocycles. The Balaban J connectivity index is 2.09. The number of anilines is 3. The molecule has 10 nitrogen and oxygen atoms in total. The van der Waals surface area contributed by atoms with Gasteiger partial charge < -0.3 is 27.2 Å². The Kier molecular flexibility index (Phi) is 8.49. The van der Waals surface area contributed by atoms with Gasteiger partial charge in [-0.1, -0.05) is 19.4 Å². The molecule has 0 radical (unpaired) electrons. The van der Waals surface area contributed by atoms with Gasteiger partial charge in [-0.25, -0.2) is 9.79 Å². The summed E-state index contributed by atoms with van der Waals surface area (Å²) in [4.78, 5) is 35.8. The summed E-state index contributed by atoms with van der Waals surface area (Å²) in [6.07, 6.45) is 0.359. The Morgan fingerprint density at radius 3 is 2.33 bits per heavy atom. The first-order valence-corrected chi connectivity index (χ1v) is 10.5. The maximum absolute atomic E-state index is 12.4. The van der Waals surface area contributed by atoms with Crippen LogP contribution in [0.2, 0.25) is 0 Å². The van der Waals surface area contributed by atoms with E-state index in [2.05, 4.69) is 32.3 Å². The van der Waals surface area contributed by atoms with E-state index in [4.69, 9.17) is 11.5 Å². The van der Waals surface area contributed by atoms with Gasteiger partial charge in [0.05, 0.1) is 5.56 Å². The Labute approximate surface area is 193 Å². The molecule has 0 fully saturated rings. The first-order chi connectivity index (χ1) is 15.5. The van der Waals surface area contributed by atoms with Crippen LogP contribution in [0.4, 0.5) is 23.3 Å². The van der Waals surface area contributed by atoms with Gasteiger partial charge >= 0.3 is 5.97 Å². The molecular weight excluding hydrogens is 422 g/mol. The van der Waals surface area contributed by atoms with E-state index in [0.29, 0.717) is 29.9 Å². The molecule has 1 aromatic heterocycles. The number of allylic oxidation sites excluding steroid dienone is 1. The fourth-order valence-electron chi connectivity index (χ4n) is 3.21. The highest BCUT2D eigenvalue weighted by Gasteiger charge is 2.21. The van der Waals surface area contributed by atoms with Gasteiger partial charge in [0, 0.05) is 17.8 Å². The van der Waals surface area contributed by atoms with Crippen LogP contribution in [0.25, 0.3) is 5.57 Å². The fraction of sp³-hybridized carbons (Fsp3) is 0.348. The third kappa shape index (κ3) is 6.76. The van der Waals surface area contributed by atoms with Gasteiger partial charge in [0.2, 0.25) is 5.95 Å². The van der Waals surface area contributed by atoms with Crippen LogP contribution in [0.3, 0.4) is 0 Å². The number of aromatic nitrogens is 2. The lowest BCUT2D eigenvalue weighted by Gasteiger charge is -2.17. The Bertz CT molecular complexity index is 1060. The smallest absolute Gasteiger partial charge is 0.326 e. The number of nitrogens with two attached hydrogens (primary N) is 2. The van der Waals surface area contributed by atoms with Gasteiger partial charge in [-0.05, 0) is 62.7 Å². The molecule has 0 spiro atoms. The van der Waals surface area contributed by atoms with E-state index in [9.17, 15) is 14.7 Å². The molecule has 1 aromatic carbocycles. The average molecular weight is 454 g/mol. The van der Waals surface area contributed by atoms with Crippen molar-refractivity contribution in [3.63, 3.8) is 0 Å². The van der Waals surface area contributed by atoms with Gasteiger partial charge in [0.1, 0.15) is 11.9 Å². The number of carbonyl (C=O) groups excluding carboxylic acids is 1. The number of amides is 1. The topological polar surface area (TPSA) is 169 Å². The number of nitrogens with zero attached hydrogens (tertiary/aromatic N) is 3. The number of hydrogen-bond donors (Lipinski definition) is 5. The summed E-state index contributed by atoms with van der Waals surface area (Å²) in [6, 6.07) is 5.87. The normalized spacial score (nSPS) is 12.6. The SMILES string of the molecule is C=Nc1nc(N)nc(N)c1/C(C)=C(\C)CNc1ccc(C(=O)NC(CC(C)C)C(=O)O)cc1. The molecule has 7 N–H and O–H groups in total. The number of nitrogen functional groups attached to an aromatic ring is 2. The van der Waals surface area contributed by atoms with Crippen molar-refractivity contribution in [2.75, 3.05) is 23.3 Å². The highest BCUT2D eigenvalue weighted by atomic mass is 16.4. The second-order valence-electron chi connectivity index (χ2n) is 8.15. The van der Waals surface area contributed by atoms with Crippen molar-refractivity contribution in [2.24, 2.45) is 10.9 Å². The van der Waals surface area contributed by atoms with Gasteiger partial charge in [0.15, 0.2) is 5.82 Å². The van der Waals surface area contributed by atoms with E-state index in [1.165, 1.54) is 0 Å².